The number of aromatic nitrogens is 3. The Morgan fingerprint density at radius 3 is 2.12 bits per heavy atom. The molecule has 0 fully saturated rings. The second-order valence-corrected chi connectivity index (χ2v) is 3.90. The summed E-state index contributed by atoms with van der Waals surface area (Å²) in [6.45, 7) is 0. The molecule has 2 heterocycles. The van der Waals surface area contributed by atoms with Crippen LogP contribution in [0.15, 0.2) is 30.9 Å². The second-order valence-electron chi connectivity index (χ2n) is 3.13. The predicted molar refractivity (Wildman–Crippen MR) is 64.4 cm³/mol. The quantitative estimate of drug-likeness (QED) is 0.773. The maximum absolute atomic E-state index is 5.83. The van der Waals surface area contributed by atoms with Gasteiger partial charge in [-0.25, -0.2) is 15.0 Å². The summed E-state index contributed by atoms with van der Waals surface area (Å²) in [4.78, 5) is 13.6. The fourth-order valence-corrected chi connectivity index (χ4v) is 1.71. The molecule has 0 aliphatic rings. The van der Waals surface area contributed by atoms with Crippen molar-refractivity contribution in [1.29, 1.82) is 0 Å². The summed E-state index contributed by atoms with van der Waals surface area (Å²) in [6, 6.07) is 3.45. The molecule has 4 nitrogen and oxygen atoms in total. The molecule has 0 spiro atoms. The maximum Gasteiger partial charge on any atom is 0.132 e. The molecular weight excluding hydrogens is 247 g/mol. The SMILES string of the molecule is CN(c1cncnc1)c1cc(Cl)nc(Cl)c1. The molecule has 6 heteroatoms. The van der Waals surface area contributed by atoms with Crippen LogP contribution in [0.1, 0.15) is 0 Å². The molecule has 0 unspecified atom stereocenters. The van der Waals surface area contributed by atoms with Crippen molar-refractivity contribution in [3.8, 4) is 0 Å². The number of rotatable bonds is 2. The first-order valence-corrected chi connectivity index (χ1v) is 5.24. The molecule has 2 aromatic rings. The summed E-state index contributed by atoms with van der Waals surface area (Å²) in [6.07, 6.45) is 4.88. The van der Waals surface area contributed by atoms with Crippen LogP contribution >= 0.6 is 23.2 Å². The summed E-state index contributed by atoms with van der Waals surface area (Å²) < 4.78 is 0. The van der Waals surface area contributed by atoms with Crippen LogP contribution in [0.2, 0.25) is 10.3 Å². The first-order chi connectivity index (χ1) is 7.66. The van der Waals surface area contributed by atoms with Gasteiger partial charge in [0.1, 0.15) is 16.6 Å². The van der Waals surface area contributed by atoms with E-state index in [1.165, 1.54) is 6.33 Å². The van der Waals surface area contributed by atoms with E-state index in [1.54, 1.807) is 24.5 Å². The lowest BCUT2D eigenvalue weighted by Gasteiger charge is -2.18. The second kappa shape index (κ2) is 4.63. The Hall–Kier alpha value is -1.39. The van der Waals surface area contributed by atoms with Crippen LogP contribution in [-0.2, 0) is 0 Å². The van der Waals surface area contributed by atoms with Gasteiger partial charge in [-0.1, -0.05) is 23.2 Å². The molecule has 0 atom stereocenters. The molecule has 0 aliphatic carbocycles. The zero-order chi connectivity index (χ0) is 11.5. The Kier molecular flexibility index (Phi) is 3.22. The van der Waals surface area contributed by atoms with Gasteiger partial charge in [-0.2, -0.15) is 0 Å². The van der Waals surface area contributed by atoms with Crippen LogP contribution in [0.4, 0.5) is 11.4 Å². The molecule has 0 N–H and O–H groups in total. The Morgan fingerprint density at radius 2 is 1.56 bits per heavy atom. The van der Waals surface area contributed by atoms with Crippen molar-refractivity contribution in [3.63, 3.8) is 0 Å². The maximum atomic E-state index is 5.83. The van der Waals surface area contributed by atoms with Gasteiger partial charge in [0.15, 0.2) is 0 Å². The van der Waals surface area contributed by atoms with Gasteiger partial charge in [-0.3, -0.25) is 0 Å². The molecule has 0 radical (unpaired) electrons. The van der Waals surface area contributed by atoms with Crippen LogP contribution < -0.4 is 4.90 Å². The fourth-order valence-electron chi connectivity index (χ4n) is 1.26. The van der Waals surface area contributed by atoms with Crippen LogP contribution in [0, 0.1) is 0 Å². The van der Waals surface area contributed by atoms with Crippen molar-refractivity contribution >= 4 is 34.6 Å². The van der Waals surface area contributed by atoms with Crippen LogP contribution in [0.5, 0.6) is 0 Å². The Bertz CT molecular complexity index is 469. The van der Waals surface area contributed by atoms with Crippen LogP contribution in [0.25, 0.3) is 0 Å². The molecule has 2 rings (SSSR count). The molecule has 0 bridgehead atoms. The third-order valence-corrected chi connectivity index (χ3v) is 2.46. The van der Waals surface area contributed by atoms with Crippen molar-refractivity contribution in [2.24, 2.45) is 0 Å². The Labute approximate surface area is 103 Å². The molecule has 82 valence electrons. The molecular formula is C10H8Cl2N4. The Morgan fingerprint density at radius 1 is 1.00 bits per heavy atom. The standard InChI is InChI=1S/C10H8Cl2N4/c1-16(8-4-13-6-14-5-8)7-2-9(11)15-10(12)3-7/h2-6H,1H3. The van der Waals surface area contributed by atoms with Gasteiger partial charge in [-0.15, -0.1) is 0 Å². The zero-order valence-corrected chi connectivity index (χ0v) is 9.94. The molecule has 0 aliphatic heterocycles. The van der Waals surface area contributed by atoms with E-state index < -0.39 is 0 Å². The van der Waals surface area contributed by atoms with Gasteiger partial charge in [0, 0.05) is 12.7 Å². The summed E-state index contributed by atoms with van der Waals surface area (Å²) in [5.74, 6) is 0. The topological polar surface area (TPSA) is 41.9 Å². The zero-order valence-electron chi connectivity index (χ0n) is 8.43. The summed E-state index contributed by atoms with van der Waals surface area (Å²) in [5, 5.41) is 0.706. The van der Waals surface area contributed by atoms with Crippen molar-refractivity contribution in [2.45, 2.75) is 0 Å². The normalized spacial score (nSPS) is 10.2. The van der Waals surface area contributed by atoms with Gasteiger partial charge < -0.3 is 4.90 Å². The summed E-state index contributed by atoms with van der Waals surface area (Å²) >= 11 is 11.7. The highest BCUT2D eigenvalue weighted by Crippen LogP contribution is 2.26. The number of halogens is 2. The summed E-state index contributed by atoms with van der Waals surface area (Å²) in [5.41, 5.74) is 1.68. The van der Waals surface area contributed by atoms with Gasteiger partial charge in [-0.05, 0) is 12.1 Å². The van der Waals surface area contributed by atoms with E-state index in [4.69, 9.17) is 23.2 Å². The van der Waals surface area contributed by atoms with E-state index in [0.717, 1.165) is 11.4 Å². The minimum Gasteiger partial charge on any atom is -0.342 e. The third-order valence-electron chi connectivity index (χ3n) is 2.07. The molecule has 0 aromatic carbocycles. The third kappa shape index (κ3) is 2.40. The minimum absolute atomic E-state index is 0.353. The number of pyridine rings is 1. The Balaban J connectivity index is 2.37. The van der Waals surface area contributed by atoms with Gasteiger partial charge in [0.25, 0.3) is 0 Å². The largest absolute Gasteiger partial charge is 0.342 e. The van der Waals surface area contributed by atoms with E-state index in [9.17, 15) is 0 Å². The van der Waals surface area contributed by atoms with Crippen molar-refractivity contribution in [1.82, 2.24) is 15.0 Å². The number of hydrogen-bond acceptors (Lipinski definition) is 4. The monoisotopic (exact) mass is 254 g/mol. The minimum atomic E-state index is 0.353. The van der Waals surface area contributed by atoms with Gasteiger partial charge >= 0.3 is 0 Å². The highest BCUT2D eigenvalue weighted by Gasteiger charge is 2.07. The highest BCUT2D eigenvalue weighted by molar-refractivity contribution is 6.32. The fraction of sp³-hybridized carbons (Fsp3) is 0.100. The summed E-state index contributed by atoms with van der Waals surface area (Å²) in [7, 11) is 1.88. The predicted octanol–water partition coefficient (Wildman–Crippen LogP) is 2.95. The number of anilines is 2. The average molecular weight is 255 g/mol. The lowest BCUT2D eigenvalue weighted by Crippen LogP contribution is -2.10. The van der Waals surface area contributed by atoms with Crippen molar-refractivity contribution in [2.75, 3.05) is 11.9 Å². The van der Waals surface area contributed by atoms with E-state index in [2.05, 4.69) is 15.0 Å². The number of hydrogen-bond donors (Lipinski definition) is 0. The highest BCUT2D eigenvalue weighted by atomic mass is 35.5. The molecule has 2 aromatic heterocycles. The lowest BCUT2D eigenvalue weighted by atomic mass is 10.3. The number of nitrogens with zero attached hydrogens (tertiary/aromatic N) is 4. The van der Waals surface area contributed by atoms with Crippen molar-refractivity contribution < 1.29 is 0 Å². The van der Waals surface area contributed by atoms with Crippen LogP contribution in [-0.4, -0.2) is 22.0 Å². The van der Waals surface area contributed by atoms with E-state index in [0.29, 0.717) is 10.3 Å². The van der Waals surface area contributed by atoms with E-state index in [1.807, 2.05) is 11.9 Å². The average Bonchev–Trinajstić information content (AvgIpc) is 2.28. The molecule has 16 heavy (non-hydrogen) atoms. The first-order valence-electron chi connectivity index (χ1n) is 4.48. The van der Waals surface area contributed by atoms with E-state index in [-0.39, 0.29) is 0 Å². The van der Waals surface area contributed by atoms with Gasteiger partial charge in [0.05, 0.1) is 18.1 Å². The lowest BCUT2D eigenvalue weighted by molar-refractivity contribution is 1.10. The first kappa shape index (κ1) is 11.1. The molecule has 0 saturated carbocycles. The molecule has 0 saturated heterocycles. The van der Waals surface area contributed by atoms with Crippen LogP contribution in [0.3, 0.4) is 0 Å². The molecule has 0 amide bonds. The van der Waals surface area contributed by atoms with Crippen molar-refractivity contribution in [3.05, 3.63) is 41.2 Å². The van der Waals surface area contributed by atoms with E-state index >= 15 is 0 Å². The smallest absolute Gasteiger partial charge is 0.132 e. The van der Waals surface area contributed by atoms with Gasteiger partial charge in [0.2, 0.25) is 0 Å².